The van der Waals surface area contributed by atoms with Crippen molar-refractivity contribution < 1.29 is 54.1 Å². The average Bonchev–Trinajstić information content (AvgIpc) is 3.02. The van der Waals surface area contributed by atoms with E-state index in [0.717, 1.165) is 32.4 Å². The molecule has 2 fully saturated rings. The number of fused-ring (bicyclic) bond motifs is 3. The summed E-state index contributed by atoms with van der Waals surface area (Å²) >= 11 is 0. The van der Waals surface area contributed by atoms with E-state index in [4.69, 9.17) is 14.2 Å². The molecule has 0 aromatic heterocycles. The van der Waals surface area contributed by atoms with Gasteiger partial charge in [-0.3, -0.25) is 19.3 Å². The maximum absolute atomic E-state index is 13.8. The molecule has 244 valence electrons. The van der Waals surface area contributed by atoms with Gasteiger partial charge >= 0.3 is 0 Å². The van der Waals surface area contributed by atoms with Crippen LogP contribution in [-0.2, 0) is 20.7 Å². The van der Waals surface area contributed by atoms with E-state index in [2.05, 4.69) is 4.90 Å². The van der Waals surface area contributed by atoms with Crippen LogP contribution in [0.2, 0.25) is 0 Å². The molecular weight excluding hydrogens is 610 g/mol. The van der Waals surface area contributed by atoms with Gasteiger partial charge in [-0.1, -0.05) is 18.6 Å². The minimum absolute atomic E-state index is 0. The van der Waals surface area contributed by atoms with Crippen LogP contribution in [0.15, 0.2) is 18.2 Å². The second-order valence-electron chi connectivity index (χ2n) is 12.2. The minimum Gasteiger partial charge on any atom is -0.507 e. The Bertz CT molecular complexity index is 1520. The maximum atomic E-state index is 13.8. The summed E-state index contributed by atoms with van der Waals surface area (Å²) < 4.78 is 17.7. The van der Waals surface area contributed by atoms with Crippen molar-refractivity contribution in [3.63, 3.8) is 0 Å². The quantitative estimate of drug-likeness (QED) is 0.246. The number of nitrogens with zero attached hydrogens (tertiary/aromatic N) is 1. The van der Waals surface area contributed by atoms with Gasteiger partial charge in [0, 0.05) is 42.0 Å². The fourth-order valence-corrected chi connectivity index (χ4v) is 7.31. The van der Waals surface area contributed by atoms with Crippen LogP contribution in [-0.4, -0.2) is 105 Å². The first-order valence-corrected chi connectivity index (χ1v) is 15.0. The molecule has 0 unspecified atom stereocenters. The van der Waals surface area contributed by atoms with E-state index >= 15 is 0 Å². The minimum atomic E-state index is -2.22. The Kier molecular flexibility index (Phi) is 9.31. The third-order valence-corrected chi connectivity index (χ3v) is 9.59. The molecule has 13 heteroatoms. The predicted molar refractivity (Wildman–Crippen MR) is 160 cm³/mol. The Balaban J connectivity index is 0.00000400. The lowest BCUT2D eigenvalue weighted by Crippen LogP contribution is -2.56. The molecule has 12 nitrogen and oxygen atoms in total. The largest absolute Gasteiger partial charge is 0.507 e. The monoisotopic (exact) mass is 647 g/mol. The van der Waals surface area contributed by atoms with Gasteiger partial charge in [0.15, 0.2) is 17.9 Å². The molecule has 0 amide bonds. The molecule has 2 aromatic carbocycles. The highest BCUT2D eigenvalue weighted by Crippen LogP contribution is 2.52. The van der Waals surface area contributed by atoms with E-state index in [1.54, 1.807) is 6.92 Å². The van der Waals surface area contributed by atoms with E-state index < -0.39 is 89.6 Å². The van der Waals surface area contributed by atoms with Crippen LogP contribution in [0.5, 0.6) is 17.2 Å². The molecule has 0 spiro atoms. The van der Waals surface area contributed by atoms with Crippen LogP contribution in [0.4, 0.5) is 0 Å². The zero-order valence-corrected chi connectivity index (χ0v) is 25.8. The number of piperidine rings is 1. The van der Waals surface area contributed by atoms with Gasteiger partial charge in [0.25, 0.3) is 0 Å². The molecule has 0 bridgehead atoms. The molecule has 5 N–H and O–H groups in total. The molecule has 0 radical (unpaired) electrons. The average molecular weight is 648 g/mol. The highest BCUT2D eigenvalue weighted by atomic mass is 35.5. The van der Waals surface area contributed by atoms with E-state index in [0.29, 0.717) is 0 Å². The number of Topliss-reactive ketones (excluding diaryl/α,β-unsaturated/α-hetero) is 1. The number of hydrogen-bond acceptors (Lipinski definition) is 12. The predicted octanol–water partition coefficient (Wildman–Crippen LogP) is 1.95. The standard InChI is InChI=1S/C32H37NO11.ClH/c1-15-27(36)18(33-9-4-3-5-10-33)11-22(43-15)44-20-13-32(41,21(35)14-34)12-17-24(20)31(40)26-25(29(17)38)28(37)16-7-6-8-19(42-2)23(16)30(26)39;/h6-8,15,18,20,22,27,34,36,38,40-41H,3-5,9-14H2,1-2H3;1H/t15-,18-,20-,22-,27+,32-;/m0./s1. The lowest BCUT2D eigenvalue weighted by atomic mass is 9.72. The number of aromatic hydroxyl groups is 2. The van der Waals surface area contributed by atoms with Crippen molar-refractivity contribution in [1.29, 1.82) is 0 Å². The summed E-state index contributed by atoms with van der Waals surface area (Å²) in [7, 11) is 1.34. The summed E-state index contributed by atoms with van der Waals surface area (Å²) in [6.07, 6.45) is -1.32. The lowest BCUT2D eigenvalue weighted by molar-refractivity contribution is -0.259. The number of ether oxygens (including phenoxy) is 3. The summed E-state index contributed by atoms with van der Waals surface area (Å²) in [4.78, 5) is 42.5. The van der Waals surface area contributed by atoms with Gasteiger partial charge in [-0.15, -0.1) is 12.4 Å². The number of methoxy groups -OCH3 is 1. The van der Waals surface area contributed by atoms with Crippen molar-refractivity contribution in [3.8, 4) is 17.2 Å². The number of hydrogen-bond donors (Lipinski definition) is 5. The second kappa shape index (κ2) is 12.6. The number of aliphatic hydroxyl groups is 3. The number of halogens is 1. The smallest absolute Gasteiger partial charge is 0.202 e. The fraction of sp³-hybridized carbons (Fsp3) is 0.531. The van der Waals surface area contributed by atoms with Crippen molar-refractivity contribution in [2.75, 3.05) is 26.8 Å². The summed E-state index contributed by atoms with van der Waals surface area (Å²) in [6.45, 7) is 2.33. The van der Waals surface area contributed by atoms with Gasteiger partial charge in [0.1, 0.15) is 29.5 Å². The number of carbonyl (C=O) groups is 3. The van der Waals surface area contributed by atoms with Crippen LogP contribution in [0, 0.1) is 0 Å². The van der Waals surface area contributed by atoms with E-state index in [1.807, 2.05) is 0 Å². The Labute approximate surface area is 265 Å². The summed E-state index contributed by atoms with van der Waals surface area (Å²) in [6, 6.07) is 4.14. The van der Waals surface area contributed by atoms with Crippen molar-refractivity contribution in [2.24, 2.45) is 0 Å². The van der Waals surface area contributed by atoms with Gasteiger partial charge in [0.05, 0.1) is 42.1 Å². The van der Waals surface area contributed by atoms with E-state index in [1.165, 1.54) is 25.3 Å². The third kappa shape index (κ3) is 5.42. The van der Waals surface area contributed by atoms with E-state index in [-0.39, 0.29) is 52.9 Å². The van der Waals surface area contributed by atoms with Gasteiger partial charge < -0.3 is 39.7 Å². The van der Waals surface area contributed by atoms with Gasteiger partial charge in [-0.2, -0.15) is 0 Å². The highest BCUT2D eigenvalue weighted by Gasteiger charge is 2.50. The molecular formula is C32H38ClNO11. The zero-order chi connectivity index (χ0) is 31.5. The first-order valence-electron chi connectivity index (χ1n) is 15.0. The van der Waals surface area contributed by atoms with E-state index in [9.17, 15) is 39.9 Å². The molecule has 2 aromatic rings. The Morgan fingerprint density at radius 1 is 1.07 bits per heavy atom. The lowest BCUT2D eigenvalue weighted by Gasteiger charge is -2.46. The van der Waals surface area contributed by atoms with Crippen LogP contribution in [0.1, 0.15) is 88.1 Å². The molecule has 2 saturated heterocycles. The highest BCUT2D eigenvalue weighted by molar-refractivity contribution is 6.31. The molecule has 2 heterocycles. The Morgan fingerprint density at radius 2 is 1.76 bits per heavy atom. The van der Waals surface area contributed by atoms with Crippen LogP contribution in [0.25, 0.3) is 0 Å². The molecule has 6 rings (SSSR count). The fourth-order valence-electron chi connectivity index (χ4n) is 7.31. The molecule has 2 aliphatic carbocycles. The van der Waals surface area contributed by atoms with Crippen molar-refractivity contribution in [1.82, 2.24) is 4.90 Å². The number of phenolic OH excluding ortho intramolecular Hbond substituents is 2. The summed E-state index contributed by atoms with van der Waals surface area (Å²) in [5.74, 6) is -3.60. The summed E-state index contributed by atoms with van der Waals surface area (Å²) in [5, 5.41) is 55.3. The van der Waals surface area contributed by atoms with Crippen LogP contribution < -0.4 is 4.74 Å². The van der Waals surface area contributed by atoms with Crippen molar-refractivity contribution >= 4 is 29.8 Å². The number of benzene rings is 2. The topological polar surface area (TPSA) is 183 Å². The Hall–Kier alpha value is -3.10. The van der Waals surface area contributed by atoms with Crippen LogP contribution in [0.3, 0.4) is 0 Å². The van der Waals surface area contributed by atoms with Crippen molar-refractivity contribution in [3.05, 3.63) is 51.6 Å². The normalized spacial score (nSPS) is 29.7. The Morgan fingerprint density at radius 3 is 2.42 bits per heavy atom. The van der Waals surface area contributed by atoms with Gasteiger partial charge in [-0.25, -0.2) is 0 Å². The van der Waals surface area contributed by atoms with Crippen LogP contribution >= 0.6 is 12.4 Å². The SMILES string of the molecule is COc1cccc2c1C(=O)c1c(O)c3c(c(O)c1C2=O)C[C@@](O)(C(=O)CO)C[C@@H]3O[C@H]1C[C@H](N2CCCCC2)[C@H](O)[C@H](C)O1.Cl. The number of aliphatic hydroxyl groups excluding tert-OH is 2. The number of phenols is 2. The second-order valence-corrected chi connectivity index (χ2v) is 12.2. The summed E-state index contributed by atoms with van der Waals surface area (Å²) in [5.41, 5.74) is -3.42. The number of ketones is 3. The zero-order valence-electron chi connectivity index (χ0n) is 25.0. The third-order valence-electron chi connectivity index (χ3n) is 9.59. The first-order chi connectivity index (χ1) is 21.0. The number of rotatable bonds is 6. The van der Waals surface area contributed by atoms with Gasteiger partial charge in [-0.05, 0) is 38.9 Å². The molecule has 6 atom stereocenters. The number of likely N-dealkylation sites (tertiary alicyclic amines) is 1. The molecule has 4 aliphatic rings. The molecule has 45 heavy (non-hydrogen) atoms. The molecule has 2 aliphatic heterocycles. The first kappa shape index (κ1) is 33.3. The maximum Gasteiger partial charge on any atom is 0.202 e. The molecule has 0 saturated carbocycles. The van der Waals surface area contributed by atoms with Crippen molar-refractivity contribution in [2.45, 2.75) is 81.7 Å². The number of carbonyl (C=O) groups excluding carboxylic acids is 3. The van der Waals surface area contributed by atoms with Gasteiger partial charge in [0.2, 0.25) is 5.78 Å².